The molecule has 0 aliphatic heterocycles. The summed E-state index contributed by atoms with van der Waals surface area (Å²) < 4.78 is 17.0. The SMILES string of the molecule is CC(O)C(=O)[C@@]1(C)[C@H](C)C[C@H]2[C@@H]3CCC4=CC(=O)C=C[C@]4(C)[C@@]3(F)[C@@H](O)C[C@@]21C. The first-order valence-electron chi connectivity index (χ1n) is 10.9. The number of Topliss-reactive ketones (excluding diaryl/α,β-unsaturated/α-hetero) is 1. The summed E-state index contributed by atoms with van der Waals surface area (Å²) in [6.45, 7) is 9.24. The predicted octanol–water partition coefficient (Wildman–Crippen LogP) is 3.56. The quantitative estimate of drug-likeness (QED) is 0.738. The molecule has 3 fully saturated rings. The fourth-order valence-corrected chi connectivity index (χ4v) is 7.73. The van der Waals surface area contributed by atoms with Gasteiger partial charge in [0.2, 0.25) is 0 Å². The Hall–Kier alpha value is -1.33. The van der Waals surface area contributed by atoms with Gasteiger partial charge in [0.25, 0.3) is 0 Å². The average molecular weight is 405 g/mol. The van der Waals surface area contributed by atoms with E-state index in [1.54, 1.807) is 13.0 Å². The molecule has 0 aromatic rings. The molecular weight excluding hydrogens is 371 g/mol. The van der Waals surface area contributed by atoms with E-state index in [1.807, 2.05) is 20.8 Å². The summed E-state index contributed by atoms with van der Waals surface area (Å²) in [6.07, 6.45) is 4.34. The highest BCUT2D eigenvalue weighted by Gasteiger charge is 2.74. The number of halogens is 1. The summed E-state index contributed by atoms with van der Waals surface area (Å²) in [5.74, 6) is -0.814. The molecule has 4 aliphatic rings. The first-order valence-corrected chi connectivity index (χ1v) is 10.9. The highest BCUT2D eigenvalue weighted by atomic mass is 19.1. The molecule has 160 valence electrons. The van der Waals surface area contributed by atoms with E-state index < -0.39 is 40.0 Å². The van der Waals surface area contributed by atoms with Gasteiger partial charge in [0.1, 0.15) is 6.10 Å². The van der Waals surface area contributed by atoms with Crippen molar-refractivity contribution in [3.63, 3.8) is 0 Å². The average Bonchev–Trinajstić information content (AvgIpc) is 2.84. The molecule has 1 unspecified atom stereocenters. The van der Waals surface area contributed by atoms with Crippen LogP contribution in [0.3, 0.4) is 0 Å². The van der Waals surface area contributed by atoms with Crippen molar-refractivity contribution >= 4 is 11.6 Å². The largest absolute Gasteiger partial charge is 0.390 e. The maximum absolute atomic E-state index is 17.0. The lowest BCUT2D eigenvalue weighted by atomic mass is 9.43. The van der Waals surface area contributed by atoms with Crippen LogP contribution >= 0.6 is 0 Å². The number of hydrogen-bond acceptors (Lipinski definition) is 4. The number of carbonyl (C=O) groups is 2. The third-order valence-electron chi connectivity index (χ3n) is 9.70. The number of allylic oxidation sites excluding steroid dienone is 4. The molecule has 9 atom stereocenters. The van der Waals surface area contributed by atoms with Gasteiger partial charge in [-0.1, -0.05) is 32.4 Å². The Morgan fingerprint density at radius 2 is 1.93 bits per heavy atom. The molecule has 4 rings (SSSR count). The van der Waals surface area contributed by atoms with E-state index in [0.717, 1.165) is 5.57 Å². The zero-order chi connectivity index (χ0) is 21.6. The van der Waals surface area contributed by atoms with Crippen LogP contribution in [0.4, 0.5) is 4.39 Å². The molecule has 0 aromatic carbocycles. The van der Waals surface area contributed by atoms with E-state index in [2.05, 4.69) is 0 Å². The second-order valence-electron chi connectivity index (χ2n) is 10.6. The van der Waals surface area contributed by atoms with Gasteiger partial charge in [-0.3, -0.25) is 9.59 Å². The summed E-state index contributed by atoms with van der Waals surface area (Å²) in [6, 6.07) is 0. The van der Waals surface area contributed by atoms with Crippen molar-refractivity contribution in [2.45, 2.75) is 78.2 Å². The minimum atomic E-state index is -1.88. The molecule has 3 saturated carbocycles. The van der Waals surface area contributed by atoms with Crippen molar-refractivity contribution in [1.29, 1.82) is 0 Å². The summed E-state index contributed by atoms with van der Waals surface area (Å²) in [5, 5.41) is 21.4. The molecule has 0 aromatic heterocycles. The topological polar surface area (TPSA) is 74.6 Å². The predicted molar refractivity (Wildman–Crippen MR) is 108 cm³/mol. The summed E-state index contributed by atoms with van der Waals surface area (Å²) in [7, 11) is 0. The minimum Gasteiger partial charge on any atom is -0.390 e. The van der Waals surface area contributed by atoms with E-state index in [9.17, 15) is 19.8 Å². The second kappa shape index (κ2) is 6.10. The van der Waals surface area contributed by atoms with Gasteiger partial charge in [0.05, 0.1) is 6.10 Å². The van der Waals surface area contributed by atoms with Crippen molar-refractivity contribution in [3.8, 4) is 0 Å². The lowest BCUT2D eigenvalue weighted by molar-refractivity contribution is -0.206. The molecule has 0 saturated heterocycles. The third-order valence-corrected chi connectivity index (χ3v) is 9.70. The van der Waals surface area contributed by atoms with Crippen LogP contribution in [0.15, 0.2) is 23.8 Å². The number of alkyl halides is 1. The van der Waals surface area contributed by atoms with Gasteiger partial charge in [-0.05, 0) is 68.9 Å². The van der Waals surface area contributed by atoms with Crippen LogP contribution in [0, 0.1) is 34.0 Å². The summed E-state index contributed by atoms with van der Waals surface area (Å²) in [5.41, 5.74) is -3.53. The van der Waals surface area contributed by atoms with Crippen LogP contribution in [-0.4, -0.2) is 39.7 Å². The van der Waals surface area contributed by atoms with Gasteiger partial charge in [-0.15, -0.1) is 0 Å². The van der Waals surface area contributed by atoms with E-state index in [1.165, 1.54) is 19.1 Å². The monoisotopic (exact) mass is 404 g/mol. The van der Waals surface area contributed by atoms with E-state index in [0.29, 0.717) is 19.3 Å². The highest BCUT2D eigenvalue weighted by molar-refractivity contribution is 6.01. The van der Waals surface area contributed by atoms with Crippen LogP contribution in [-0.2, 0) is 9.59 Å². The van der Waals surface area contributed by atoms with Gasteiger partial charge in [-0.2, -0.15) is 0 Å². The highest BCUT2D eigenvalue weighted by Crippen LogP contribution is 2.73. The fourth-order valence-electron chi connectivity index (χ4n) is 7.73. The van der Waals surface area contributed by atoms with Crippen LogP contribution in [0.2, 0.25) is 0 Å². The number of fused-ring (bicyclic) bond motifs is 5. The standard InChI is InChI=1S/C24H33FO4/c1-13-10-18-17-7-6-15-11-16(27)8-9-21(15,3)24(17,25)19(28)12-22(18,4)23(13,5)20(29)14(2)26/h8-9,11,13-14,17-19,26,28H,6-7,10,12H2,1-5H3/t13-,14?,17+,18+,19+,21+,22+,23-,24+/m1/s1. The minimum absolute atomic E-state index is 0.0117. The van der Waals surface area contributed by atoms with Gasteiger partial charge in [-0.25, -0.2) is 4.39 Å². The van der Waals surface area contributed by atoms with E-state index >= 15 is 4.39 Å². The van der Waals surface area contributed by atoms with E-state index in [-0.39, 0.29) is 29.8 Å². The van der Waals surface area contributed by atoms with Gasteiger partial charge in [0.15, 0.2) is 17.2 Å². The number of rotatable bonds is 2. The molecule has 0 bridgehead atoms. The molecule has 29 heavy (non-hydrogen) atoms. The first kappa shape index (κ1) is 20.9. The van der Waals surface area contributed by atoms with E-state index in [4.69, 9.17) is 0 Å². The van der Waals surface area contributed by atoms with Crippen molar-refractivity contribution < 1.29 is 24.2 Å². The van der Waals surface area contributed by atoms with Gasteiger partial charge >= 0.3 is 0 Å². The Balaban J connectivity index is 1.83. The molecule has 0 amide bonds. The first-order chi connectivity index (χ1) is 13.3. The van der Waals surface area contributed by atoms with Gasteiger partial charge in [0, 0.05) is 16.7 Å². The molecule has 4 aliphatic carbocycles. The smallest absolute Gasteiger partial charge is 0.178 e. The van der Waals surface area contributed by atoms with Crippen molar-refractivity contribution in [3.05, 3.63) is 23.8 Å². The van der Waals surface area contributed by atoms with Crippen LogP contribution in [0.25, 0.3) is 0 Å². The molecule has 0 spiro atoms. The van der Waals surface area contributed by atoms with Crippen molar-refractivity contribution in [2.24, 2.45) is 34.0 Å². The zero-order valence-corrected chi connectivity index (χ0v) is 18.0. The Morgan fingerprint density at radius 1 is 1.28 bits per heavy atom. The molecule has 2 N–H and O–H groups in total. The number of hydrogen-bond donors (Lipinski definition) is 2. The number of aliphatic hydroxyl groups is 2. The molecule has 0 heterocycles. The molecule has 5 heteroatoms. The second-order valence-corrected chi connectivity index (χ2v) is 10.6. The Kier molecular flexibility index (Phi) is 4.40. The summed E-state index contributed by atoms with van der Waals surface area (Å²) in [4.78, 5) is 25.0. The molecule has 0 radical (unpaired) electrons. The third kappa shape index (κ3) is 2.26. The van der Waals surface area contributed by atoms with Crippen LogP contribution < -0.4 is 0 Å². The Morgan fingerprint density at radius 3 is 2.55 bits per heavy atom. The maximum Gasteiger partial charge on any atom is 0.178 e. The lowest BCUT2D eigenvalue weighted by Crippen LogP contribution is -2.68. The van der Waals surface area contributed by atoms with Crippen molar-refractivity contribution in [1.82, 2.24) is 0 Å². The Labute approximate surface area is 172 Å². The van der Waals surface area contributed by atoms with Crippen LogP contribution in [0.1, 0.15) is 60.3 Å². The number of carbonyl (C=O) groups excluding carboxylic acids is 2. The normalized spacial score (nSPS) is 52.3. The van der Waals surface area contributed by atoms with Crippen molar-refractivity contribution in [2.75, 3.05) is 0 Å². The zero-order valence-electron chi connectivity index (χ0n) is 18.0. The number of aliphatic hydroxyl groups excluding tert-OH is 2. The van der Waals surface area contributed by atoms with Gasteiger partial charge < -0.3 is 10.2 Å². The lowest BCUT2D eigenvalue weighted by Gasteiger charge is -2.63. The fraction of sp³-hybridized carbons (Fsp3) is 0.750. The van der Waals surface area contributed by atoms with Crippen LogP contribution in [0.5, 0.6) is 0 Å². The summed E-state index contributed by atoms with van der Waals surface area (Å²) >= 11 is 0. The maximum atomic E-state index is 17.0. The Bertz CT molecular complexity index is 831. The number of ketones is 2. The molecular formula is C24H33FO4. The molecule has 4 nitrogen and oxygen atoms in total.